The van der Waals surface area contributed by atoms with Gasteiger partial charge in [-0.25, -0.2) is 9.29 Å². The first-order chi connectivity index (χ1) is 14.8. The number of nitrogens with zero attached hydrogens (tertiary/aromatic N) is 1. The fourth-order valence-electron chi connectivity index (χ4n) is 3.33. The van der Waals surface area contributed by atoms with E-state index in [9.17, 15) is 14.0 Å². The summed E-state index contributed by atoms with van der Waals surface area (Å²) in [7, 11) is 0. The van der Waals surface area contributed by atoms with Crippen LogP contribution >= 0.6 is 23.4 Å². The van der Waals surface area contributed by atoms with Crippen LogP contribution in [0.25, 0.3) is 0 Å². The number of nitrogens with one attached hydrogen (secondary N) is 1. The maximum atomic E-state index is 13.4. The quantitative estimate of drug-likeness (QED) is 0.476. The van der Waals surface area contributed by atoms with Gasteiger partial charge in [0.15, 0.2) is 0 Å². The van der Waals surface area contributed by atoms with Crippen LogP contribution in [0.3, 0.4) is 0 Å². The molecule has 0 saturated heterocycles. The van der Waals surface area contributed by atoms with E-state index in [1.807, 2.05) is 19.9 Å². The van der Waals surface area contributed by atoms with Crippen LogP contribution in [0.15, 0.2) is 82.2 Å². The lowest BCUT2D eigenvalue weighted by atomic mass is 10.1. The van der Waals surface area contributed by atoms with Crippen molar-refractivity contribution < 1.29 is 14.0 Å². The molecule has 1 aliphatic heterocycles. The number of halogens is 2. The van der Waals surface area contributed by atoms with E-state index in [1.165, 1.54) is 40.9 Å². The summed E-state index contributed by atoms with van der Waals surface area (Å²) in [6, 6.07) is 18.2. The third-order valence-corrected chi connectivity index (χ3v) is 6.00. The highest BCUT2D eigenvalue weighted by molar-refractivity contribution is 8.04. The molecule has 4 nitrogen and oxygen atoms in total. The third kappa shape index (κ3) is 4.50. The van der Waals surface area contributed by atoms with Crippen LogP contribution in [0.2, 0.25) is 5.02 Å². The summed E-state index contributed by atoms with van der Waals surface area (Å²) in [5, 5.41) is 3.59. The van der Waals surface area contributed by atoms with Crippen LogP contribution in [0.5, 0.6) is 0 Å². The SMILES string of the molecule is Cc1cc(C)cc(N2C(=O)C(Nc3ccc(F)cc3)=C(Sc3ccc(Cl)cc3)C2=O)c1. The van der Waals surface area contributed by atoms with E-state index >= 15 is 0 Å². The van der Waals surface area contributed by atoms with Crippen LogP contribution in [0.1, 0.15) is 11.1 Å². The summed E-state index contributed by atoms with van der Waals surface area (Å²) >= 11 is 7.15. The fraction of sp³-hybridized carbons (Fsp3) is 0.0833. The normalized spacial score (nSPS) is 13.9. The van der Waals surface area contributed by atoms with Crippen LogP contribution in [-0.4, -0.2) is 11.8 Å². The van der Waals surface area contributed by atoms with Crippen molar-refractivity contribution >= 4 is 46.6 Å². The lowest BCUT2D eigenvalue weighted by Gasteiger charge is -2.16. The van der Waals surface area contributed by atoms with Crippen molar-refractivity contribution in [1.29, 1.82) is 0 Å². The van der Waals surface area contributed by atoms with Crippen LogP contribution in [0, 0.1) is 19.7 Å². The average Bonchev–Trinajstić information content (AvgIpc) is 2.94. The second-order valence-corrected chi connectivity index (χ2v) is 8.70. The molecule has 0 saturated carbocycles. The molecule has 0 unspecified atom stereocenters. The monoisotopic (exact) mass is 452 g/mol. The number of thioether (sulfide) groups is 1. The molecule has 0 aliphatic carbocycles. The largest absolute Gasteiger partial charge is 0.350 e. The van der Waals surface area contributed by atoms with Crippen molar-refractivity contribution in [2.75, 3.05) is 10.2 Å². The second kappa shape index (κ2) is 8.57. The van der Waals surface area contributed by atoms with Crippen molar-refractivity contribution in [1.82, 2.24) is 0 Å². The van der Waals surface area contributed by atoms with Gasteiger partial charge in [0.1, 0.15) is 16.4 Å². The molecule has 31 heavy (non-hydrogen) atoms. The molecule has 1 heterocycles. The van der Waals surface area contributed by atoms with Crippen molar-refractivity contribution in [2.24, 2.45) is 0 Å². The van der Waals surface area contributed by atoms with E-state index in [0.717, 1.165) is 16.0 Å². The summed E-state index contributed by atoms with van der Waals surface area (Å²) in [6.45, 7) is 3.83. The van der Waals surface area contributed by atoms with Gasteiger partial charge in [-0.05, 0) is 85.6 Å². The molecule has 0 fully saturated rings. The standard InChI is InChI=1S/C24H18ClFN2O2S/c1-14-11-15(2)13-19(12-14)28-23(29)21(27-18-7-5-17(26)6-8-18)22(24(28)30)31-20-9-3-16(25)4-10-20/h3-13,27H,1-2H3. The molecule has 4 rings (SSSR count). The van der Waals surface area contributed by atoms with E-state index in [2.05, 4.69) is 5.32 Å². The van der Waals surface area contributed by atoms with E-state index in [0.29, 0.717) is 16.4 Å². The molecular weight excluding hydrogens is 435 g/mol. The van der Waals surface area contributed by atoms with Gasteiger partial charge in [-0.1, -0.05) is 29.4 Å². The van der Waals surface area contributed by atoms with Gasteiger partial charge >= 0.3 is 0 Å². The number of amides is 2. The molecule has 1 N–H and O–H groups in total. The molecule has 0 spiro atoms. The first kappa shape index (κ1) is 21.2. The highest BCUT2D eigenvalue weighted by atomic mass is 35.5. The van der Waals surface area contributed by atoms with Gasteiger partial charge in [0, 0.05) is 15.6 Å². The van der Waals surface area contributed by atoms with E-state index in [-0.39, 0.29) is 16.4 Å². The molecular formula is C24H18ClFN2O2S. The molecule has 0 aromatic heterocycles. The van der Waals surface area contributed by atoms with E-state index in [1.54, 1.807) is 36.4 Å². The van der Waals surface area contributed by atoms with Crippen molar-refractivity contribution in [3.8, 4) is 0 Å². The Hall–Kier alpha value is -3.09. The van der Waals surface area contributed by atoms with E-state index in [4.69, 9.17) is 11.6 Å². The van der Waals surface area contributed by atoms with Crippen molar-refractivity contribution in [3.05, 3.63) is 99.3 Å². The minimum atomic E-state index is -0.462. The van der Waals surface area contributed by atoms with Gasteiger partial charge in [0.05, 0.1) is 5.69 Å². The summed E-state index contributed by atoms with van der Waals surface area (Å²) in [4.78, 5) is 28.9. The zero-order chi connectivity index (χ0) is 22.1. The smallest absolute Gasteiger partial charge is 0.283 e. The summed E-state index contributed by atoms with van der Waals surface area (Å²) in [5.41, 5.74) is 3.06. The Bertz CT molecular complexity index is 1120. The van der Waals surface area contributed by atoms with Gasteiger partial charge < -0.3 is 5.32 Å². The summed E-state index contributed by atoms with van der Waals surface area (Å²) in [6.07, 6.45) is 0. The predicted octanol–water partition coefficient (Wildman–Crippen LogP) is 6.09. The Morgan fingerprint density at radius 1 is 0.871 bits per heavy atom. The minimum absolute atomic E-state index is 0.149. The second-order valence-electron chi connectivity index (χ2n) is 7.18. The number of anilines is 2. The number of aryl methyl sites for hydroxylation is 2. The molecule has 1 aliphatic rings. The summed E-state index contributed by atoms with van der Waals surface area (Å²) < 4.78 is 13.3. The molecule has 0 bridgehead atoms. The number of rotatable bonds is 5. The van der Waals surface area contributed by atoms with Crippen molar-refractivity contribution in [2.45, 2.75) is 18.7 Å². The third-order valence-electron chi connectivity index (χ3n) is 4.65. The zero-order valence-electron chi connectivity index (χ0n) is 16.8. The highest BCUT2D eigenvalue weighted by Gasteiger charge is 2.40. The molecule has 156 valence electrons. The number of benzene rings is 3. The fourth-order valence-corrected chi connectivity index (χ4v) is 4.38. The number of carbonyl (C=O) groups excluding carboxylic acids is 2. The first-order valence-electron chi connectivity index (χ1n) is 9.49. The van der Waals surface area contributed by atoms with E-state index < -0.39 is 11.8 Å². The van der Waals surface area contributed by atoms with Gasteiger partial charge in [-0.3, -0.25) is 9.59 Å². The van der Waals surface area contributed by atoms with Crippen LogP contribution < -0.4 is 10.2 Å². The van der Waals surface area contributed by atoms with Gasteiger partial charge in [0.25, 0.3) is 11.8 Å². The lowest BCUT2D eigenvalue weighted by Crippen LogP contribution is -2.32. The molecule has 3 aromatic rings. The van der Waals surface area contributed by atoms with Gasteiger partial charge in [-0.15, -0.1) is 0 Å². The number of carbonyl (C=O) groups is 2. The molecule has 3 aromatic carbocycles. The maximum absolute atomic E-state index is 13.4. The Balaban J connectivity index is 1.75. The topological polar surface area (TPSA) is 49.4 Å². The molecule has 2 amide bonds. The Morgan fingerprint density at radius 3 is 2.10 bits per heavy atom. The average molecular weight is 453 g/mol. The Morgan fingerprint density at radius 2 is 1.48 bits per heavy atom. The highest BCUT2D eigenvalue weighted by Crippen LogP contribution is 2.38. The molecule has 0 atom stereocenters. The Labute approximate surface area is 188 Å². The number of imide groups is 1. The minimum Gasteiger partial charge on any atom is -0.350 e. The predicted molar refractivity (Wildman–Crippen MR) is 123 cm³/mol. The number of hydrogen-bond donors (Lipinski definition) is 1. The van der Waals surface area contributed by atoms with Crippen molar-refractivity contribution in [3.63, 3.8) is 0 Å². The summed E-state index contributed by atoms with van der Waals surface area (Å²) in [5.74, 6) is -1.27. The van der Waals surface area contributed by atoms with Gasteiger partial charge in [0.2, 0.25) is 0 Å². The molecule has 0 radical (unpaired) electrons. The first-order valence-corrected chi connectivity index (χ1v) is 10.7. The lowest BCUT2D eigenvalue weighted by molar-refractivity contribution is -0.120. The number of hydrogen-bond acceptors (Lipinski definition) is 4. The van der Waals surface area contributed by atoms with Gasteiger partial charge in [-0.2, -0.15) is 0 Å². The zero-order valence-corrected chi connectivity index (χ0v) is 18.4. The van der Waals surface area contributed by atoms with Crippen LogP contribution in [-0.2, 0) is 9.59 Å². The molecule has 7 heteroatoms. The van der Waals surface area contributed by atoms with Crippen LogP contribution in [0.4, 0.5) is 15.8 Å². The Kier molecular flexibility index (Phi) is 5.85. The maximum Gasteiger partial charge on any atom is 0.283 e.